The molecule has 150 valence electrons. The molecule has 1 unspecified atom stereocenters. The van der Waals surface area contributed by atoms with Crippen LogP contribution in [-0.2, 0) is 11.3 Å². The smallest absolute Gasteiger partial charge is 0.225 e. The Kier molecular flexibility index (Phi) is 9.15. The molecule has 0 aromatic heterocycles. The summed E-state index contributed by atoms with van der Waals surface area (Å²) in [5, 5.41) is 7.53. The molecule has 1 atom stereocenters. The molecular formula is C20H30ClIN4O. The maximum Gasteiger partial charge on any atom is 0.225 e. The average Bonchev–Trinajstić information content (AvgIpc) is 3.33. The van der Waals surface area contributed by atoms with Crippen LogP contribution in [-0.4, -0.2) is 42.4 Å². The maximum absolute atomic E-state index is 12.6. The van der Waals surface area contributed by atoms with Crippen molar-refractivity contribution < 1.29 is 4.79 Å². The van der Waals surface area contributed by atoms with Crippen molar-refractivity contribution in [1.29, 1.82) is 0 Å². The molecule has 3 rings (SSSR count). The Morgan fingerprint density at radius 3 is 2.59 bits per heavy atom. The number of hydrogen-bond donors (Lipinski definition) is 2. The first-order valence-corrected chi connectivity index (χ1v) is 10.1. The van der Waals surface area contributed by atoms with Gasteiger partial charge in [0.25, 0.3) is 0 Å². The van der Waals surface area contributed by atoms with Gasteiger partial charge in [-0.05, 0) is 43.9 Å². The van der Waals surface area contributed by atoms with Crippen molar-refractivity contribution in [3.05, 3.63) is 34.9 Å². The largest absolute Gasteiger partial charge is 0.357 e. The minimum atomic E-state index is 0. The second-order valence-corrected chi connectivity index (χ2v) is 7.65. The van der Waals surface area contributed by atoms with E-state index < -0.39 is 0 Å². The number of benzene rings is 1. The van der Waals surface area contributed by atoms with Gasteiger partial charge in [-0.2, -0.15) is 0 Å². The van der Waals surface area contributed by atoms with E-state index in [2.05, 4.69) is 22.5 Å². The highest BCUT2D eigenvalue weighted by Crippen LogP contribution is 2.27. The van der Waals surface area contributed by atoms with Crippen LogP contribution in [0.15, 0.2) is 29.3 Å². The number of aliphatic imine (C=N–C) groups is 1. The lowest BCUT2D eigenvalue weighted by atomic mass is 10.1. The van der Waals surface area contributed by atoms with E-state index in [1.54, 1.807) is 0 Å². The predicted octanol–water partition coefficient (Wildman–Crippen LogP) is 3.80. The van der Waals surface area contributed by atoms with Crippen LogP contribution in [0.1, 0.15) is 44.6 Å². The van der Waals surface area contributed by atoms with Crippen molar-refractivity contribution >= 4 is 47.4 Å². The number of hydrogen-bond acceptors (Lipinski definition) is 2. The van der Waals surface area contributed by atoms with Crippen LogP contribution < -0.4 is 10.6 Å². The van der Waals surface area contributed by atoms with Crippen molar-refractivity contribution in [2.24, 2.45) is 10.9 Å². The molecule has 1 heterocycles. The lowest BCUT2D eigenvalue weighted by Gasteiger charge is -2.21. The molecule has 1 aromatic carbocycles. The Morgan fingerprint density at radius 1 is 1.22 bits per heavy atom. The number of carbonyl (C=O) groups excluding carboxylic acids is 1. The molecule has 2 N–H and O–H groups in total. The molecule has 0 bridgehead atoms. The third-order valence-electron chi connectivity index (χ3n) is 5.22. The second-order valence-electron chi connectivity index (χ2n) is 7.22. The molecule has 1 aromatic rings. The Balaban J connectivity index is 0.00000261. The standard InChI is InChI=1S/C20H29ClN4O.HI/c1-2-22-20(23-13-15-7-9-17(21)10-8-15)24-18-11-12-25(14-18)19(26)16-5-3-4-6-16;/h7-10,16,18H,2-6,11-14H2,1H3,(H2,22,23,24);1H. The Hall–Kier alpha value is -1.02. The normalized spacial score (nSPS) is 20.4. The van der Waals surface area contributed by atoms with E-state index >= 15 is 0 Å². The molecule has 0 radical (unpaired) electrons. The molecule has 1 saturated heterocycles. The molecule has 2 aliphatic rings. The van der Waals surface area contributed by atoms with Gasteiger partial charge in [-0.1, -0.05) is 36.6 Å². The number of likely N-dealkylation sites (tertiary alicyclic amines) is 1. The second kappa shape index (κ2) is 11.1. The fraction of sp³-hybridized carbons (Fsp3) is 0.600. The van der Waals surface area contributed by atoms with Gasteiger partial charge < -0.3 is 15.5 Å². The van der Waals surface area contributed by atoms with Crippen LogP contribution in [0.3, 0.4) is 0 Å². The van der Waals surface area contributed by atoms with Crippen molar-refractivity contribution in [2.45, 2.75) is 51.6 Å². The number of rotatable bonds is 5. The highest BCUT2D eigenvalue weighted by Gasteiger charge is 2.32. The quantitative estimate of drug-likeness (QED) is 0.364. The molecule has 1 aliphatic carbocycles. The van der Waals surface area contributed by atoms with Crippen LogP contribution in [0, 0.1) is 5.92 Å². The summed E-state index contributed by atoms with van der Waals surface area (Å²) in [5.74, 6) is 1.43. The molecule has 27 heavy (non-hydrogen) atoms. The first-order chi connectivity index (χ1) is 12.7. The van der Waals surface area contributed by atoms with E-state index in [0.29, 0.717) is 12.5 Å². The summed E-state index contributed by atoms with van der Waals surface area (Å²) in [6.45, 7) is 5.10. The zero-order valence-electron chi connectivity index (χ0n) is 15.9. The summed E-state index contributed by atoms with van der Waals surface area (Å²) in [6.07, 6.45) is 5.52. The SMILES string of the molecule is CCNC(=NCc1ccc(Cl)cc1)NC1CCN(C(=O)C2CCCC2)C1.I. The summed E-state index contributed by atoms with van der Waals surface area (Å²) in [7, 11) is 0. The van der Waals surface area contributed by atoms with E-state index in [0.717, 1.165) is 55.4 Å². The molecule has 5 nitrogen and oxygen atoms in total. The first-order valence-electron chi connectivity index (χ1n) is 9.73. The van der Waals surface area contributed by atoms with Gasteiger partial charge in [-0.15, -0.1) is 24.0 Å². The first kappa shape index (κ1) is 22.3. The van der Waals surface area contributed by atoms with Gasteiger partial charge in [0.2, 0.25) is 5.91 Å². The molecule has 0 spiro atoms. The Labute approximate surface area is 184 Å². The molecule has 1 saturated carbocycles. The lowest BCUT2D eigenvalue weighted by Crippen LogP contribution is -2.45. The van der Waals surface area contributed by atoms with Crippen LogP contribution in [0.4, 0.5) is 0 Å². The minimum Gasteiger partial charge on any atom is -0.357 e. The van der Waals surface area contributed by atoms with E-state index in [9.17, 15) is 4.79 Å². The van der Waals surface area contributed by atoms with Crippen LogP contribution >= 0.6 is 35.6 Å². The monoisotopic (exact) mass is 504 g/mol. The van der Waals surface area contributed by atoms with E-state index in [1.165, 1.54) is 12.8 Å². The van der Waals surface area contributed by atoms with Crippen molar-refractivity contribution in [1.82, 2.24) is 15.5 Å². The van der Waals surface area contributed by atoms with Gasteiger partial charge in [-0.3, -0.25) is 4.79 Å². The predicted molar refractivity (Wildman–Crippen MR) is 122 cm³/mol. The number of nitrogens with one attached hydrogen (secondary N) is 2. The fourth-order valence-corrected chi connectivity index (χ4v) is 3.91. The van der Waals surface area contributed by atoms with Gasteiger partial charge in [0, 0.05) is 36.6 Å². The Bertz CT molecular complexity index is 631. The zero-order valence-corrected chi connectivity index (χ0v) is 19.0. The minimum absolute atomic E-state index is 0. The van der Waals surface area contributed by atoms with Crippen LogP contribution in [0.25, 0.3) is 0 Å². The summed E-state index contributed by atoms with van der Waals surface area (Å²) >= 11 is 5.93. The highest BCUT2D eigenvalue weighted by molar-refractivity contribution is 14.0. The average molecular weight is 505 g/mol. The number of halogens is 2. The maximum atomic E-state index is 12.6. The van der Waals surface area contributed by atoms with Crippen LogP contribution in [0.5, 0.6) is 0 Å². The molecule has 7 heteroatoms. The summed E-state index contributed by atoms with van der Waals surface area (Å²) in [4.78, 5) is 19.3. The van der Waals surface area contributed by atoms with E-state index in [1.807, 2.05) is 29.2 Å². The molecule has 1 aliphatic heterocycles. The van der Waals surface area contributed by atoms with Gasteiger partial charge in [0.05, 0.1) is 6.54 Å². The van der Waals surface area contributed by atoms with Gasteiger partial charge >= 0.3 is 0 Å². The van der Waals surface area contributed by atoms with Crippen molar-refractivity contribution in [2.75, 3.05) is 19.6 Å². The number of carbonyl (C=O) groups is 1. The van der Waals surface area contributed by atoms with Gasteiger partial charge in [0.1, 0.15) is 0 Å². The topological polar surface area (TPSA) is 56.7 Å². The summed E-state index contributed by atoms with van der Waals surface area (Å²) in [5.41, 5.74) is 1.12. The lowest BCUT2D eigenvalue weighted by molar-refractivity contribution is -0.134. The number of guanidine groups is 1. The van der Waals surface area contributed by atoms with Gasteiger partial charge in [-0.25, -0.2) is 4.99 Å². The highest BCUT2D eigenvalue weighted by atomic mass is 127. The van der Waals surface area contributed by atoms with Crippen molar-refractivity contribution in [3.8, 4) is 0 Å². The Morgan fingerprint density at radius 2 is 1.93 bits per heavy atom. The van der Waals surface area contributed by atoms with Crippen molar-refractivity contribution in [3.63, 3.8) is 0 Å². The number of amides is 1. The zero-order chi connectivity index (χ0) is 18.4. The molecular weight excluding hydrogens is 475 g/mol. The summed E-state index contributed by atoms with van der Waals surface area (Å²) in [6, 6.07) is 8.02. The van der Waals surface area contributed by atoms with Gasteiger partial charge in [0.15, 0.2) is 5.96 Å². The van der Waals surface area contributed by atoms with Crippen LogP contribution in [0.2, 0.25) is 5.02 Å². The fourth-order valence-electron chi connectivity index (χ4n) is 3.78. The molecule has 1 amide bonds. The number of nitrogens with zero attached hydrogens (tertiary/aromatic N) is 2. The van der Waals surface area contributed by atoms with E-state index in [4.69, 9.17) is 11.6 Å². The third kappa shape index (κ3) is 6.52. The third-order valence-corrected chi connectivity index (χ3v) is 5.47. The summed E-state index contributed by atoms with van der Waals surface area (Å²) < 4.78 is 0. The molecule has 2 fully saturated rings. The van der Waals surface area contributed by atoms with E-state index in [-0.39, 0.29) is 35.9 Å².